The summed E-state index contributed by atoms with van der Waals surface area (Å²) in [6.07, 6.45) is 3.93. The zero-order valence-corrected chi connectivity index (χ0v) is 13.9. The van der Waals surface area contributed by atoms with Gasteiger partial charge < -0.3 is 15.5 Å². The van der Waals surface area contributed by atoms with Gasteiger partial charge in [0.15, 0.2) is 5.96 Å². The van der Waals surface area contributed by atoms with Crippen LogP contribution in [0.15, 0.2) is 4.99 Å². The Morgan fingerprint density at radius 2 is 2.00 bits per heavy atom. The number of nitrogens with one attached hydrogen (secondary N) is 2. The molecule has 132 valence electrons. The first-order valence-electron chi connectivity index (χ1n) is 8.72. The number of carbonyl (C=O) groups is 1. The van der Waals surface area contributed by atoms with Gasteiger partial charge in [0.25, 0.3) is 6.43 Å². The molecule has 1 saturated carbocycles. The molecule has 1 aliphatic carbocycles. The number of alkyl halides is 2. The van der Waals surface area contributed by atoms with Crippen molar-refractivity contribution in [3.63, 3.8) is 0 Å². The lowest BCUT2D eigenvalue weighted by Crippen LogP contribution is -2.45. The molecule has 1 saturated heterocycles. The van der Waals surface area contributed by atoms with Gasteiger partial charge in [0.05, 0.1) is 0 Å². The second kappa shape index (κ2) is 9.03. The quantitative estimate of drug-likeness (QED) is 0.599. The number of guanidine groups is 1. The molecule has 1 atom stereocenters. The van der Waals surface area contributed by atoms with Crippen molar-refractivity contribution in [1.29, 1.82) is 0 Å². The Morgan fingerprint density at radius 3 is 2.65 bits per heavy atom. The monoisotopic (exact) mass is 330 g/mol. The number of hydrogen-bond acceptors (Lipinski definition) is 2. The minimum atomic E-state index is -2.45. The summed E-state index contributed by atoms with van der Waals surface area (Å²) in [6.45, 7) is 3.38. The molecule has 2 rings (SSSR count). The summed E-state index contributed by atoms with van der Waals surface area (Å²) in [4.78, 5) is 18.3. The Hall–Kier alpha value is -1.40. The molecule has 1 aliphatic heterocycles. The minimum Gasteiger partial charge on any atom is -0.357 e. The SMILES string of the molecule is CCNC(=NCC(F)F)NC1CCN(C(=O)C2CCCCC2)C1. The average Bonchev–Trinajstić information content (AvgIpc) is 3.01. The molecule has 0 spiro atoms. The summed E-state index contributed by atoms with van der Waals surface area (Å²) in [7, 11) is 0. The normalized spacial score (nSPS) is 23.4. The van der Waals surface area contributed by atoms with Crippen LogP contribution < -0.4 is 10.6 Å². The van der Waals surface area contributed by atoms with Crippen LogP contribution in [-0.4, -0.2) is 55.4 Å². The predicted molar refractivity (Wildman–Crippen MR) is 86.7 cm³/mol. The van der Waals surface area contributed by atoms with Crippen LogP contribution in [0, 0.1) is 5.92 Å². The number of aliphatic imine (C=N–C) groups is 1. The zero-order valence-electron chi connectivity index (χ0n) is 13.9. The van der Waals surface area contributed by atoms with E-state index >= 15 is 0 Å². The van der Waals surface area contributed by atoms with E-state index < -0.39 is 13.0 Å². The maximum absolute atomic E-state index is 12.5. The van der Waals surface area contributed by atoms with Gasteiger partial charge in [-0.15, -0.1) is 0 Å². The lowest BCUT2D eigenvalue weighted by Gasteiger charge is -2.26. The van der Waals surface area contributed by atoms with Crippen molar-refractivity contribution < 1.29 is 13.6 Å². The zero-order chi connectivity index (χ0) is 16.7. The summed E-state index contributed by atoms with van der Waals surface area (Å²) in [5.74, 6) is 0.858. The highest BCUT2D eigenvalue weighted by Gasteiger charge is 2.31. The predicted octanol–water partition coefficient (Wildman–Crippen LogP) is 1.99. The minimum absolute atomic E-state index is 0.0815. The molecule has 2 aliphatic rings. The van der Waals surface area contributed by atoms with Crippen molar-refractivity contribution in [3.05, 3.63) is 0 Å². The number of likely N-dealkylation sites (tertiary alicyclic amines) is 1. The number of rotatable bonds is 5. The Labute approximate surface area is 136 Å². The molecule has 0 aromatic heterocycles. The van der Waals surface area contributed by atoms with Crippen LogP contribution in [0.4, 0.5) is 8.78 Å². The molecule has 5 nitrogen and oxygen atoms in total. The van der Waals surface area contributed by atoms with Gasteiger partial charge in [0, 0.05) is 31.6 Å². The van der Waals surface area contributed by atoms with Crippen LogP contribution in [0.2, 0.25) is 0 Å². The molecule has 7 heteroatoms. The summed E-state index contributed by atoms with van der Waals surface area (Å²) < 4.78 is 24.6. The summed E-state index contributed by atoms with van der Waals surface area (Å²) in [5.41, 5.74) is 0. The van der Waals surface area contributed by atoms with Crippen molar-refractivity contribution in [2.24, 2.45) is 10.9 Å². The summed E-state index contributed by atoms with van der Waals surface area (Å²) in [6, 6.07) is 0.0815. The maximum Gasteiger partial charge on any atom is 0.257 e. The van der Waals surface area contributed by atoms with Crippen molar-refractivity contribution in [2.75, 3.05) is 26.2 Å². The lowest BCUT2D eigenvalue weighted by molar-refractivity contribution is -0.135. The van der Waals surface area contributed by atoms with Gasteiger partial charge in [0.1, 0.15) is 6.54 Å². The fraction of sp³-hybridized carbons (Fsp3) is 0.875. The number of halogens is 2. The molecule has 0 aromatic carbocycles. The topological polar surface area (TPSA) is 56.7 Å². The second-order valence-electron chi connectivity index (χ2n) is 6.36. The van der Waals surface area contributed by atoms with Crippen molar-refractivity contribution in [1.82, 2.24) is 15.5 Å². The van der Waals surface area contributed by atoms with Crippen LogP contribution in [-0.2, 0) is 4.79 Å². The van der Waals surface area contributed by atoms with E-state index in [2.05, 4.69) is 15.6 Å². The molecule has 2 fully saturated rings. The van der Waals surface area contributed by atoms with Crippen molar-refractivity contribution >= 4 is 11.9 Å². The van der Waals surface area contributed by atoms with E-state index in [1.165, 1.54) is 6.42 Å². The highest BCUT2D eigenvalue weighted by atomic mass is 19.3. The summed E-state index contributed by atoms with van der Waals surface area (Å²) in [5, 5.41) is 6.15. The first kappa shape index (κ1) is 17.9. The Kier molecular flexibility index (Phi) is 7.05. The molecule has 23 heavy (non-hydrogen) atoms. The Morgan fingerprint density at radius 1 is 1.26 bits per heavy atom. The standard InChI is InChI=1S/C16H28F2N4O/c1-2-19-16(20-10-14(17)18)21-13-8-9-22(11-13)15(23)12-6-4-3-5-7-12/h12-14H,2-11H2,1H3,(H2,19,20,21). The third-order valence-corrected chi connectivity index (χ3v) is 4.53. The van der Waals surface area contributed by atoms with Crippen molar-refractivity contribution in [2.45, 2.75) is 57.9 Å². The lowest BCUT2D eigenvalue weighted by atomic mass is 9.88. The maximum atomic E-state index is 12.5. The Bertz CT molecular complexity index is 411. The van der Waals surface area contributed by atoms with Gasteiger partial charge in [-0.2, -0.15) is 0 Å². The molecule has 0 bridgehead atoms. The third kappa shape index (κ3) is 5.62. The van der Waals surface area contributed by atoms with Crippen LogP contribution in [0.5, 0.6) is 0 Å². The average molecular weight is 330 g/mol. The molecular weight excluding hydrogens is 302 g/mol. The molecule has 1 unspecified atom stereocenters. The van der Waals surface area contributed by atoms with Crippen LogP contribution >= 0.6 is 0 Å². The van der Waals surface area contributed by atoms with E-state index in [-0.39, 0.29) is 17.9 Å². The van der Waals surface area contributed by atoms with E-state index in [0.29, 0.717) is 19.0 Å². The second-order valence-corrected chi connectivity index (χ2v) is 6.36. The van der Waals surface area contributed by atoms with E-state index in [0.717, 1.165) is 38.6 Å². The van der Waals surface area contributed by atoms with Gasteiger partial charge >= 0.3 is 0 Å². The van der Waals surface area contributed by atoms with E-state index in [4.69, 9.17) is 0 Å². The van der Waals surface area contributed by atoms with Gasteiger partial charge in [0.2, 0.25) is 5.91 Å². The van der Waals surface area contributed by atoms with Gasteiger partial charge in [-0.25, -0.2) is 13.8 Å². The molecule has 1 heterocycles. The largest absolute Gasteiger partial charge is 0.357 e. The number of carbonyl (C=O) groups excluding carboxylic acids is 1. The van der Waals surface area contributed by atoms with E-state index in [1.54, 1.807) is 0 Å². The first-order chi connectivity index (χ1) is 11.1. The molecule has 2 N–H and O–H groups in total. The number of hydrogen-bond donors (Lipinski definition) is 2. The molecule has 0 radical (unpaired) electrons. The van der Waals surface area contributed by atoms with E-state index in [9.17, 15) is 13.6 Å². The van der Waals surface area contributed by atoms with Gasteiger partial charge in [-0.3, -0.25) is 4.79 Å². The highest BCUT2D eigenvalue weighted by molar-refractivity contribution is 5.81. The third-order valence-electron chi connectivity index (χ3n) is 4.53. The molecular formula is C16H28F2N4O. The Balaban J connectivity index is 1.83. The summed E-state index contributed by atoms with van der Waals surface area (Å²) >= 11 is 0. The van der Waals surface area contributed by atoms with Crippen molar-refractivity contribution in [3.8, 4) is 0 Å². The van der Waals surface area contributed by atoms with E-state index in [1.807, 2.05) is 11.8 Å². The van der Waals surface area contributed by atoms with Crippen LogP contribution in [0.3, 0.4) is 0 Å². The first-order valence-corrected chi connectivity index (χ1v) is 8.72. The number of nitrogens with zero attached hydrogens (tertiary/aromatic N) is 2. The van der Waals surface area contributed by atoms with Gasteiger partial charge in [-0.05, 0) is 26.2 Å². The van der Waals surface area contributed by atoms with Crippen LogP contribution in [0.25, 0.3) is 0 Å². The number of amides is 1. The fourth-order valence-corrected chi connectivity index (χ4v) is 3.36. The molecule has 1 amide bonds. The van der Waals surface area contributed by atoms with Gasteiger partial charge in [-0.1, -0.05) is 19.3 Å². The highest BCUT2D eigenvalue weighted by Crippen LogP contribution is 2.26. The fourth-order valence-electron chi connectivity index (χ4n) is 3.36. The van der Waals surface area contributed by atoms with Crippen LogP contribution in [0.1, 0.15) is 45.4 Å². The molecule has 0 aromatic rings. The smallest absolute Gasteiger partial charge is 0.257 e.